The maximum absolute atomic E-state index is 11.9. The Morgan fingerprint density at radius 3 is 2.81 bits per heavy atom. The van der Waals surface area contributed by atoms with Crippen LogP contribution in [0.15, 0.2) is 0 Å². The predicted molar refractivity (Wildman–Crippen MR) is 63.1 cm³/mol. The van der Waals surface area contributed by atoms with Gasteiger partial charge in [0.05, 0.1) is 19.1 Å². The van der Waals surface area contributed by atoms with Crippen molar-refractivity contribution < 1.29 is 14.3 Å². The van der Waals surface area contributed by atoms with E-state index in [0.717, 1.165) is 11.6 Å². The number of carbonyl (C=O) groups excluding carboxylic acids is 2. The first-order valence-corrected chi connectivity index (χ1v) is 6.35. The van der Waals surface area contributed by atoms with Crippen LogP contribution in [0.4, 0.5) is 0 Å². The average molecular weight is 246 g/mol. The van der Waals surface area contributed by atoms with Crippen LogP contribution in [-0.4, -0.2) is 55.2 Å². The SMILES string of the molecule is COC(=O)C(C)CN(C)C(=O)C1CSCN1. The molecule has 92 valence electrons. The molecule has 0 aliphatic carbocycles. The van der Waals surface area contributed by atoms with E-state index in [9.17, 15) is 9.59 Å². The molecule has 6 heteroatoms. The van der Waals surface area contributed by atoms with Gasteiger partial charge in [0.2, 0.25) is 5.91 Å². The summed E-state index contributed by atoms with van der Waals surface area (Å²) >= 11 is 1.71. The number of nitrogens with zero attached hydrogens (tertiary/aromatic N) is 1. The molecule has 16 heavy (non-hydrogen) atoms. The standard InChI is InChI=1S/C10H18N2O3S/c1-7(10(14)15-3)4-12(2)9(13)8-5-16-6-11-8/h7-8,11H,4-6H2,1-3H3. The van der Waals surface area contributed by atoms with E-state index in [-0.39, 0.29) is 23.8 Å². The van der Waals surface area contributed by atoms with Crippen molar-refractivity contribution in [1.29, 1.82) is 0 Å². The molecule has 0 saturated carbocycles. The molecule has 0 radical (unpaired) electrons. The fourth-order valence-electron chi connectivity index (χ4n) is 1.60. The summed E-state index contributed by atoms with van der Waals surface area (Å²) in [5.41, 5.74) is 0. The van der Waals surface area contributed by atoms with Gasteiger partial charge in [-0.15, -0.1) is 11.8 Å². The Bertz CT molecular complexity index is 267. The molecule has 1 amide bonds. The molecule has 1 aliphatic heterocycles. The van der Waals surface area contributed by atoms with Gasteiger partial charge in [0.25, 0.3) is 0 Å². The van der Waals surface area contributed by atoms with Gasteiger partial charge in [0.15, 0.2) is 0 Å². The molecule has 5 nitrogen and oxygen atoms in total. The third kappa shape index (κ3) is 3.38. The molecule has 2 unspecified atom stereocenters. The highest BCUT2D eigenvalue weighted by Crippen LogP contribution is 2.12. The molecule has 1 saturated heterocycles. The molecule has 2 atom stereocenters. The van der Waals surface area contributed by atoms with Crippen LogP contribution < -0.4 is 5.32 Å². The first-order valence-electron chi connectivity index (χ1n) is 5.20. The van der Waals surface area contributed by atoms with Crippen LogP contribution in [0.5, 0.6) is 0 Å². The third-order valence-corrected chi connectivity index (χ3v) is 3.48. The van der Waals surface area contributed by atoms with E-state index in [1.165, 1.54) is 7.11 Å². The van der Waals surface area contributed by atoms with Crippen molar-refractivity contribution in [2.45, 2.75) is 13.0 Å². The van der Waals surface area contributed by atoms with Crippen molar-refractivity contribution in [2.75, 3.05) is 32.3 Å². The van der Waals surface area contributed by atoms with Crippen LogP contribution in [0.25, 0.3) is 0 Å². The predicted octanol–water partition coefficient (Wildman–Crippen LogP) is -0.0836. The number of nitrogens with one attached hydrogen (secondary N) is 1. The van der Waals surface area contributed by atoms with Crippen molar-refractivity contribution in [1.82, 2.24) is 10.2 Å². The fraction of sp³-hybridized carbons (Fsp3) is 0.800. The molecule has 1 fully saturated rings. The molecule has 0 aromatic heterocycles. The van der Waals surface area contributed by atoms with Crippen LogP contribution in [0.2, 0.25) is 0 Å². The zero-order valence-corrected chi connectivity index (χ0v) is 10.7. The minimum Gasteiger partial charge on any atom is -0.469 e. The van der Waals surface area contributed by atoms with E-state index in [1.807, 2.05) is 0 Å². The quantitative estimate of drug-likeness (QED) is 0.703. The van der Waals surface area contributed by atoms with Crippen molar-refractivity contribution >= 4 is 23.6 Å². The highest BCUT2D eigenvalue weighted by atomic mass is 32.2. The molecule has 0 spiro atoms. The summed E-state index contributed by atoms with van der Waals surface area (Å²) in [7, 11) is 3.07. The molecule has 0 aromatic rings. The van der Waals surface area contributed by atoms with Gasteiger partial charge in [-0.05, 0) is 0 Å². The molecule has 1 aliphatic rings. The summed E-state index contributed by atoms with van der Waals surface area (Å²) < 4.78 is 4.62. The van der Waals surface area contributed by atoms with Crippen LogP contribution in [0, 0.1) is 5.92 Å². The van der Waals surface area contributed by atoms with Crippen molar-refractivity contribution in [3.8, 4) is 0 Å². The molecule has 1 rings (SSSR count). The number of hydrogen-bond donors (Lipinski definition) is 1. The van der Waals surface area contributed by atoms with E-state index < -0.39 is 0 Å². The lowest BCUT2D eigenvalue weighted by Gasteiger charge is -2.23. The minimum atomic E-state index is -0.284. The summed E-state index contributed by atoms with van der Waals surface area (Å²) in [5, 5.41) is 3.11. The van der Waals surface area contributed by atoms with E-state index in [4.69, 9.17) is 0 Å². The maximum Gasteiger partial charge on any atom is 0.310 e. The third-order valence-electron chi connectivity index (χ3n) is 2.54. The number of methoxy groups -OCH3 is 1. The second-order valence-corrected chi connectivity index (χ2v) is 4.95. The Labute approximate surface area is 99.9 Å². The smallest absolute Gasteiger partial charge is 0.310 e. The monoisotopic (exact) mass is 246 g/mol. The number of hydrogen-bond acceptors (Lipinski definition) is 5. The number of amides is 1. The second kappa shape index (κ2) is 6.10. The molecule has 1 N–H and O–H groups in total. The number of thioether (sulfide) groups is 1. The highest BCUT2D eigenvalue weighted by Gasteiger charge is 2.27. The molecule has 1 heterocycles. The topological polar surface area (TPSA) is 58.6 Å². The lowest BCUT2D eigenvalue weighted by Crippen LogP contribution is -2.45. The van der Waals surface area contributed by atoms with E-state index >= 15 is 0 Å². The lowest BCUT2D eigenvalue weighted by atomic mass is 10.1. The summed E-state index contributed by atoms with van der Waals surface area (Å²) in [4.78, 5) is 24.7. The van der Waals surface area contributed by atoms with Gasteiger partial charge in [-0.25, -0.2) is 0 Å². The summed E-state index contributed by atoms with van der Waals surface area (Å²) in [6, 6.07) is -0.111. The fourth-order valence-corrected chi connectivity index (χ4v) is 2.53. The average Bonchev–Trinajstić information content (AvgIpc) is 2.79. The van der Waals surface area contributed by atoms with Gasteiger partial charge in [0, 0.05) is 25.2 Å². The first-order chi connectivity index (χ1) is 7.56. The van der Waals surface area contributed by atoms with Crippen molar-refractivity contribution in [3.63, 3.8) is 0 Å². The van der Waals surface area contributed by atoms with Crippen molar-refractivity contribution in [3.05, 3.63) is 0 Å². The maximum atomic E-state index is 11.9. The summed E-state index contributed by atoms with van der Waals surface area (Å²) in [6.07, 6.45) is 0. The summed E-state index contributed by atoms with van der Waals surface area (Å²) in [6.45, 7) is 2.15. The number of ether oxygens (including phenoxy) is 1. The van der Waals surface area contributed by atoms with Gasteiger partial charge >= 0.3 is 5.97 Å². The van der Waals surface area contributed by atoms with Crippen LogP contribution in [0.1, 0.15) is 6.92 Å². The number of esters is 1. The van der Waals surface area contributed by atoms with E-state index in [2.05, 4.69) is 10.1 Å². The number of carbonyl (C=O) groups is 2. The number of likely N-dealkylation sites (N-methyl/N-ethyl adjacent to an activating group) is 1. The molecular formula is C10H18N2O3S. The molecule has 0 aromatic carbocycles. The first kappa shape index (κ1) is 13.3. The van der Waals surface area contributed by atoms with Crippen LogP contribution >= 0.6 is 11.8 Å². The Morgan fingerprint density at radius 1 is 1.62 bits per heavy atom. The van der Waals surface area contributed by atoms with Crippen LogP contribution in [0.3, 0.4) is 0 Å². The summed E-state index contributed by atoms with van der Waals surface area (Å²) in [5.74, 6) is 1.09. The Kier molecular flexibility index (Phi) is 5.08. The zero-order valence-electron chi connectivity index (χ0n) is 9.86. The van der Waals surface area contributed by atoms with Gasteiger partial charge < -0.3 is 9.64 Å². The minimum absolute atomic E-state index is 0.0424. The molecular weight excluding hydrogens is 228 g/mol. The highest BCUT2D eigenvalue weighted by molar-refractivity contribution is 7.99. The van der Waals surface area contributed by atoms with Crippen LogP contribution in [-0.2, 0) is 14.3 Å². The Morgan fingerprint density at radius 2 is 2.31 bits per heavy atom. The number of rotatable bonds is 4. The largest absolute Gasteiger partial charge is 0.469 e. The Hall–Kier alpha value is -0.750. The zero-order chi connectivity index (χ0) is 12.1. The molecule has 0 bridgehead atoms. The van der Waals surface area contributed by atoms with Gasteiger partial charge in [0.1, 0.15) is 0 Å². The van der Waals surface area contributed by atoms with Crippen molar-refractivity contribution in [2.24, 2.45) is 5.92 Å². The van der Waals surface area contributed by atoms with Gasteiger partial charge in [-0.3, -0.25) is 14.9 Å². The van der Waals surface area contributed by atoms with Gasteiger partial charge in [-0.2, -0.15) is 0 Å². The Balaban J connectivity index is 2.41. The lowest BCUT2D eigenvalue weighted by molar-refractivity contribution is -0.146. The van der Waals surface area contributed by atoms with Gasteiger partial charge in [-0.1, -0.05) is 6.92 Å². The normalized spacial score (nSPS) is 21.6. The van der Waals surface area contributed by atoms with E-state index in [0.29, 0.717) is 6.54 Å². The second-order valence-electron chi connectivity index (χ2n) is 3.91. The van der Waals surface area contributed by atoms with E-state index in [1.54, 1.807) is 30.6 Å².